The Bertz CT molecular complexity index is 761. The first-order valence-electron chi connectivity index (χ1n) is 8.49. The van der Waals surface area contributed by atoms with Crippen LogP contribution in [0.3, 0.4) is 0 Å². The van der Waals surface area contributed by atoms with Crippen molar-refractivity contribution < 1.29 is 9.90 Å². The summed E-state index contributed by atoms with van der Waals surface area (Å²) in [6.45, 7) is 4.11. The van der Waals surface area contributed by atoms with Gasteiger partial charge in [0.15, 0.2) is 0 Å². The molecule has 0 aliphatic carbocycles. The first kappa shape index (κ1) is 15.8. The van der Waals surface area contributed by atoms with Crippen LogP contribution < -0.4 is 0 Å². The second-order valence-electron chi connectivity index (χ2n) is 7.23. The Morgan fingerprint density at radius 1 is 1.33 bits per heavy atom. The van der Waals surface area contributed by atoms with Crippen LogP contribution in [0.25, 0.3) is 0 Å². The van der Waals surface area contributed by atoms with Crippen molar-refractivity contribution in [3.8, 4) is 0 Å². The molecule has 2 saturated heterocycles. The quantitative estimate of drug-likeness (QED) is 0.910. The van der Waals surface area contributed by atoms with E-state index in [4.69, 9.17) is 0 Å². The van der Waals surface area contributed by atoms with Crippen LogP contribution in [0.15, 0.2) is 18.3 Å². The van der Waals surface area contributed by atoms with Crippen molar-refractivity contribution in [3.63, 3.8) is 0 Å². The number of carbonyl (C=O) groups is 1. The zero-order chi connectivity index (χ0) is 17.1. The summed E-state index contributed by atoms with van der Waals surface area (Å²) in [5.74, 6) is 0.135. The van der Waals surface area contributed by atoms with E-state index in [1.165, 1.54) is 10.4 Å². The molecular weight excluding hydrogens is 322 g/mol. The van der Waals surface area contributed by atoms with Gasteiger partial charge in [-0.25, -0.2) is 0 Å². The maximum atomic E-state index is 13.0. The smallest absolute Gasteiger partial charge is 0.264 e. The highest BCUT2D eigenvalue weighted by Crippen LogP contribution is 2.46. The van der Waals surface area contributed by atoms with Gasteiger partial charge in [-0.3, -0.25) is 9.48 Å². The van der Waals surface area contributed by atoms with Crippen LogP contribution in [0, 0.1) is 13.8 Å². The summed E-state index contributed by atoms with van der Waals surface area (Å²) in [6.07, 6.45) is 4.86. The van der Waals surface area contributed by atoms with Crippen LogP contribution >= 0.6 is 11.3 Å². The summed E-state index contributed by atoms with van der Waals surface area (Å²) in [6, 6.07) is 4.12. The second-order valence-corrected chi connectivity index (χ2v) is 8.48. The molecule has 2 aliphatic heterocycles. The minimum atomic E-state index is -0.880. The van der Waals surface area contributed by atoms with E-state index in [1.807, 2.05) is 24.1 Å². The molecule has 24 heavy (non-hydrogen) atoms. The predicted octanol–water partition coefficient (Wildman–Crippen LogP) is 2.75. The third kappa shape index (κ3) is 2.31. The highest BCUT2D eigenvalue weighted by Gasteiger charge is 2.51. The molecule has 1 amide bonds. The maximum absolute atomic E-state index is 13.0. The highest BCUT2D eigenvalue weighted by molar-refractivity contribution is 7.14. The Balaban J connectivity index is 1.61. The summed E-state index contributed by atoms with van der Waals surface area (Å²) in [7, 11) is 1.87. The first-order valence-corrected chi connectivity index (χ1v) is 9.31. The number of aliphatic hydroxyl groups is 1. The van der Waals surface area contributed by atoms with Gasteiger partial charge in [0, 0.05) is 43.0 Å². The number of rotatable bonds is 2. The minimum Gasteiger partial charge on any atom is -0.383 e. The van der Waals surface area contributed by atoms with E-state index in [-0.39, 0.29) is 18.0 Å². The number of thiophene rings is 1. The number of aromatic nitrogens is 2. The molecule has 0 spiro atoms. The molecule has 0 unspecified atom stereocenters. The van der Waals surface area contributed by atoms with Gasteiger partial charge in [0.25, 0.3) is 5.91 Å². The monoisotopic (exact) mass is 345 g/mol. The fraction of sp³-hybridized carbons (Fsp3) is 0.556. The summed E-state index contributed by atoms with van der Waals surface area (Å²) >= 11 is 1.58. The number of piperidine rings is 1. The number of fused-ring (bicyclic) bond motifs is 2. The largest absolute Gasteiger partial charge is 0.383 e. The summed E-state index contributed by atoms with van der Waals surface area (Å²) in [5, 5.41) is 15.4. The van der Waals surface area contributed by atoms with Crippen molar-refractivity contribution in [2.75, 3.05) is 0 Å². The number of carbonyl (C=O) groups excluding carboxylic acids is 1. The Labute approximate surface area is 145 Å². The van der Waals surface area contributed by atoms with E-state index in [0.29, 0.717) is 12.8 Å². The average Bonchev–Trinajstić information content (AvgIpc) is 3.18. The molecule has 4 rings (SSSR count). The van der Waals surface area contributed by atoms with Gasteiger partial charge < -0.3 is 10.0 Å². The molecule has 2 aromatic rings. The normalized spacial score (nSPS) is 29.2. The van der Waals surface area contributed by atoms with Gasteiger partial charge in [0.2, 0.25) is 0 Å². The summed E-state index contributed by atoms with van der Waals surface area (Å²) in [4.78, 5) is 17.1. The molecule has 2 fully saturated rings. The Hall–Kier alpha value is -1.66. The van der Waals surface area contributed by atoms with Gasteiger partial charge in [-0.15, -0.1) is 11.3 Å². The van der Waals surface area contributed by atoms with Gasteiger partial charge in [-0.2, -0.15) is 5.10 Å². The van der Waals surface area contributed by atoms with Crippen LogP contribution in [0.4, 0.5) is 0 Å². The van der Waals surface area contributed by atoms with E-state index in [9.17, 15) is 9.90 Å². The molecule has 4 heterocycles. The van der Waals surface area contributed by atoms with Crippen molar-refractivity contribution >= 4 is 17.2 Å². The number of aryl methyl sites for hydroxylation is 3. The van der Waals surface area contributed by atoms with Gasteiger partial charge in [0.1, 0.15) is 5.60 Å². The van der Waals surface area contributed by atoms with Crippen molar-refractivity contribution in [1.82, 2.24) is 14.7 Å². The molecule has 128 valence electrons. The molecule has 1 N–H and O–H groups in total. The number of hydrogen-bond donors (Lipinski definition) is 1. The summed E-state index contributed by atoms with van der Waals surface area (Å²) in [5.41, 5.74) is 1.16. The van der Waals surface area contributed by atoms with Gasteiger partial charge in [-0.1, -0.05) is 0 Å². The van der Waals surface area contributed by atoms with Crippen molar-refractivity contribution in [3.05, 3.63) is 39.3 Å². The Morgan fingerprint density at radius 2 is 2.00 bits per heavy atom. The SMILES string of the molecule is Cc1cc(C(=O)N2[C@@H]3CC[C@@H]2CC(O)(c2ccnn2C)C3)sc1C. The number of nitrogens with zero attached hydrogens (tertiary/aromatic N) is 3. The lowest BCUT2D eigenvalue weighted by molar-refractivity contribution is -0.0529. The van der Waals surface area contributed by atoms with E-state index in [2.05, 4.69) is 18.9 Å². The highest BCUT2D eigenvalue weighted by atomic mass is 32.1. The zero-order valence-electron chi connectivity index (χ0n) is 14.3. The van der Waals surface area contributed by atoms with Crippen LogP contribution in [0.2, 0.25) is 0 Å². The maximum Gasteiger partial charge on any atom is 0.264 e. The molecule has 2 aromatic heterocycles. The number of hydrogen-bond acceptors (Lipinski definition) is 4. The molecule has 2 atom stereocenters. The topological polar surface area (TPSA) is 58.4 Å². The minimum absolute atomic E-state index is 0.110. The Morgan fingerprint density at radius 3 is 2.50 bits per heavy atom. The molecule has 2 bridgehead atoms. The van der Waals surface area contributed by atoms with Crippen LogP contribution in [-0.2, 0) is 12.6 Å². The fourth-order valence-corrected chi connectivity index (χ4v) is 5.38. The van der Waals surface area contributed by atoms with E-state index in [1.54, 1.807) is 22.2 Å². The Kier molecular flexibility index (Phi) is 3.58. The van der Waals surface area contributed by atoms with Gasteiger partial charge in [-0.05, 0) is 44.4 Å². The number of amides is 1. The van der Waals surface area contributed by atoms with Crippen LogP contribution in [0.5, 0.6) is 0 Å². The molecule has 0 saturated carbocycles. The van der Waals surface area contributed by atoms with Crippen LogP contribution in [-0.4, -0.2) is 37.8 Å². The predicted molar refractivity (Wildman–Crippen MR) is 93.1 cm³/mol. The molecule has 5 nitrogen and oxygen atoms in total. The lowest BCUT2D eigenvalue weighted by Crippen LogP contribution is -2.52. The average molecular weight is 345 g/mol. The third-order valence-electron chi connectivity index (χ3n) is 5.68. The molecule has 0 aromatic carbocycles. The first-order chi connectivity index (χ1) is 11.4. The van der Waals surface area contributed by atoms with Crippen LogP contribution in [0.1, 0.15) is 51.5 Å². The second kappa shape index (κ2) is 5.43. The standard InChI is InChI=1S/C18H23N3O2S/c1-11-8-15(24-12(11)2)17(22)21-13-4-5-14(21)10-18(23,9-13)16-6-7-19-20(16)3/h6-8,13-14,23H,4-5,9-10H2,1-3H3/t13-,14-/m1/s1. The molecule has 6 heteroatoms. The van der Waals surface area contributed by atoms with Crippen molar-refractivity contribution in [2.24, 2.45) is 7.05 Å². The van der Waals surface area contributed by atoms with Gasteiger partial charge in [0.05, 0.1) is 10.6 Å². The zero-order valence-corrected chi connectivity index (χ0v) is 15.1. The summed E-state index contributed by atoms with van der Waals surface area (Å²) < 4.78 is 1.75. The van der Waals surface area contributed by atoms with Crippen molar-refractivity contribution in [1.29, 1.82) is 0 Å². The van der Waals surface area contributed by atoms with Crippen molar-refractivity contribution in [2.45, 2.75) is 57.2 Å². The van der Waals surface area contributed by atoms with Gasteiger partial charge >= 0.3 is 0 Å². The van der Waals surface area contributed by atoms with E-state index in [0.717, 1.165) is 23.4 Å². The lowest BCUT2D eigenvalue weighted by atomic mass is 9.83. The lowest BCUT2D eigenvalue weighted by Gasteiger charge is -2.43. The van der Waals surface area contributed by atoms with E-state index < -0.39 is 5.60 Å². The molecule has 2 aliphatic rings. The molecule has 0 radical (unpaired) electrons. The third-order valence-corrected chi connectivity index (χ3v) is 6.82. The molecular formula is C18H23N3O2S. The fourth-order valence-electron chi connectivity index (χ4n) is 4.40. The van der Waals surface area contributed by atoms with E-state index >= 15 is 0 Å².